The second-order valence-electron chi connectivity index (χ2n) is 10.1. The molecule has 7 heteroatoms. The quantitative estimate of drug-likeness (QED) is 0.425. The molecular formula is C31H31IN2O4. The van der Waals surface area contributed by atoms with Gasteiger partial charge in [-0.3, -0.25) is 14.4 Å². The van der Waals surface area contributed by atoms with Crippen molar-refractivity contribution in [2.75, 3.05) is 7.11 Å². The number of allylic oxidation sites excluding steroid dienone is 2. The van der Waals surface area contributed by atoms with Crippen LogP contribution in [0.25, 0.3) is 5.57 Å². The summed E-state index contributed by atoms with van der Waals surface area (Å²) in [5.41, 5.74) is 2.11. The van der Waals surface area contributed by atoms with E-state index < -0.39 is 11.6 Å². The lowest BCUT2D eigenvalue weighted by atomic mass is 9.81. The Hall–Kier alpha value is -3.20. The normalized spacial score (nSPS) is 19.8. The highest BCUT2D eigenvalue weighted by molar-refractivity contribution is 14.1. The first-order valence-electron chi connectivity index (χ1n) is 13.0. The summed E-state index contributed by atoms with van der Waals surface area (Å²) in [5, 5.41) is 3.26. The van der Waals surface area contributed by atoms with Gasteiger partial charge in [-0.1, -0.05) is 55.7 Å². The van der Waals surface area contributed by atoms with Crippen LogP contribution in [-0.2, 0) is 14.4 Å². The molecule has 6 nitrogen and oxygen atoms in total. The highest BCUT2D eigenvalue weighted by atomic mass is 127. The van der Waals surface area contributed by atoms with Crippen LogP contribution >= 0.6 is 22.6 Å². The number of carbonyl (C=O) groups is 3. The molecule has 0 radical (unpaired) electrons. The van der Waals surface area contributed by atoms with E-state index in [1.807, 2.05) is 55.5 Å². The van der Waals surface area contributed by atoms with Gasteiger partial charge in [-0.25, -0.2) is 0 Å². The number of ketones is 1. The van der Waals surface area contributed by atoms with Crippen molar-refractivity contribution in [2.24, 2.45) is 0 Å². The van der Waals surface area contributed by atoms with Gasteiger partial charge in [0.15, 0.2) is 5.78 Å². The number of carbonyl (C=O) groups excluding carboxylic acids is 3. The lowest BCUT2D eigenvalue weighted by Crippen LogP contribution is -2.53. The van der Waals surface area contributed by atoms with Crippen LogP contribution in [0.3, 0.4) is 0 Å². The van der Waals surface area contributed by atoms with Crippen LogP contribution in [0.5, 0.6) is 5.75 Å². The fourth-order valence-electron chi connectivity index (χ4n) is 5.84. The summed E-state index contributed by atoms with van der Waals surface area (Å²) in [6.45, 7) is 1.93. The summed E-state index contributed by atoms with van der Waals surface area (Å²) < 4.78 is 6.00. The fraction of sp³-hybridized carbons (Fsp3) is 0.323. The number of methoxy groups -OCH3 is 1. The van der Waals surface area contributed by atoms with E-state index in [-0.39, 0.29) is 23.6 Å². The second-order valence-corrected chi connectivity index (χ2v) is 11.2. The minimum atomic E-state index is -1.09. The molecule has 1 aliphatic heterocycles. The van der Waals surface area contributed by atoms with Crippen molar-refractivity contribution in [1.29, 1.82) is 0 Å². The van der Waals surface area contributed by atoms with E-state index in [9.17, 15) is 14.4 Å². The van der Waals surface area contributed by atoms with Crippen LogP contribution in [0.4, 0.5) is 0 Å². The number of amides is 2. The summed E-state index contributed by atoms with van der Waals surface area (Å²) in [7, 11) is 1.61. The summed E-state index contributed by atoms with van der Waals surface area (Å²) in [5.74, 6) is 0.0981. The molecule has 5 rings (SSSR count). The van der Waals surface area contributed by atoms with Crippen LogP contribution in [0.1, 0.15) is 54.8 Å². The van der Waals surface area contributed by atoms with Crippen LogP contribution < -0.4 is 10.1 Å². The molecule has 1 saturated carbocycles. The molecule has 196 valence electrons. The summed E-state index contributed by atoms with van der Waals surface area (Å²) in [6, 6.07) is 14.5. The van der Waals surface area contributed by atoms with Gasteiger partial charge in [0, 0.05) is 11.6 Å². The maximum Gasteiger partial charge on any atom is 0.262 e. The minimum absolute atomic E-state index is 0.0754. The molecule has 2 amide bonds. The van der Waals surface area contributed by atoms with Crippen molar-refractivity contribution in [3.05, 3.63) is 93.1 Å². The molecule has 0 saturated heterocycles. The predicted molar refractivity (Wildman–Crippen MR) is 156 cm³/mol. The molecule has 3 aliphatic rings. The summed E-state index contributed by atoms with van der Waals surface area (Å²) in [6.07, 6.45) is 11.7. The highest BCUT2D eigenvalue weighted by Gasteiger charge is 2.54. The minimum Gasteiger partial charge on any atom is -0.496 e. The average Bonchev–Trinajstić information content (AvgIpc) is 3.13. The molecule has 2 aliphatic carbocycles. The van der Waals surface area contributed by atoms with E-state index in [0.717, 1.165) is 42.4 Å². The highest BCUT2D eigenvalue weighted by Crippen LogP contribution is 2.51. The zero-order valence-electron chi connectivity index (χ0n) is 21.6. The largest absolute Gasteiger partial charge is 0.496 e. The summed E-state index contributed by atoms with van der Waals surface area (Å²) >= 11 is 2.09. The molecule has 1 unspecified atom stereocenters. The Balaban J connectivity index is 1.67. The van der Waals surface area contributed by atoms with E-state index in [0.29, 0.717) is 14.9 Å². The van der Waals surface area contributed by atoms with Crippen LogP contribution in [0, 0.1) is 6.92 Å². The van der Waals surface area contributed by atoms with Gasteiger partial charge in [-0.2, -0.15) is 0 Å². The fourth-order valence-corrected chi connectivity index (χ4v) is 6.85. The van der Waals surface area contributed by atoms with Crippen molar-refractivity contribution in [3.8, 4) is 5.75 Å². The molecular weight excluding hydrogens is 591 g/mol. The zero-order valence-corrected chi connectivity index (χ0v) is 23.7. The van der Waals surface area contributed by atoms with Gasteiger partial charge in [-0.05, 0) is 95.5 Å². The number of nitrogens with zero attached hydrogens (tertiary/aromatic N) is 1. The maximum atomic E-state index is 14.2. The molecule has 1 spiro atoms. The third-order valence-electron chi connectivity index (χ3n) is 7.68. The van der Waals surface area contributed by atoms with Crippen molar-refractivity contribution in [2.45, 2.75) is 56.7 Å². The number of halogens is 1. The Morgan fingerprint density at radius 1 is 1.05 bits per heavy atom. The molecule has 0 bridgehead atoms. The van der Waals surface area contributed by atoms with Crippen LogP contribution in [0.15, 0.2) is 76.4 Å². The Labute approximate surface area is 237 Å². The number of ether oxygens (including phenoxy) is 1. The van der Waals surface area contributed by atoms with Crippen LogP contribution in [-0.4, -0.2) is 41.2 Å². The number of hydrogen-bond donors (Lipinski definition) is 1. The van der Waals surface area contributed by atoms with Gasteiger partial charge >= 0.3 is 0 Å². The molecule has 2 aromatic carbocycles. The number of aryl methyl sites for hydroxylation is 1. The maximum absolute atomic E-state index is 14.2. The van der Waals surface area contributed by atoms with Gasteiger partial charge in [0.05, 0.1) is 10.7 Å². The van der Waals surface area contributed by atoms with Gasteiger partial charge in [-0.15, -0.1) is 0 Å². The topological polar surface area (TPSA) is 75.7 Å². The van der Waals surface area contributed by atoms with E-state index in [4.69, 9.17) is 4.74 Å². The first-order valence-corrected chi connectivity index (χ1v) is 14.1. The molecule has 2 aromatic rings. The smallest absolute Gasteiger partial charge is 0.262 e. The monoisotopic (exact) mass is 622 g/mol. The van der Waals surface area contributed by atoms with Crippen molar-refractivity contribution < 1.29 is 19.1 Å². The van der Waals surface area contributed by atoms with E-state index >= 15 is 0 Å². The first kappa shape index (κ1) is 26.4. The standard InChI is InChI=1S/C31H31IN2O4/c1-20-19-22(13-14-25(20)38-2)28(29(36)33-23-11-7-4-8-12-23)34-30(37)27(32)26(21-9-5-3-6-10-21)31(34)17-15-24(35)16-18-31/h3,5-6,9-10,13-19,23,28H,4,7-8,11-12H2,1-2H3,(H,33,36). The summed E-state index contributed by atoms with van der Waals surface area (Å²) in [4.78, 5) is 42.3. The van der Waals surface area contributed by atoms with Crippen LogP contribution in [0.2, 0.25) is 0 Å². The van der Waals surface area contributed by atoms with Gasteiger partial charge in [0.2, 0.25) is 5.91 Å². The Morgan fingerprint density at radius 2 is 1.74 bits per heavy atom. The molecule has 38 heavy (non-hydrogen) atoms. The second kappa shape index (κ2) is 10.9. The molecule has 1 atom stereocenters. The van der Waals surface area contributed by atoms with Crippen molar-refractivity contribution in [1.82, 2.24) is 10.2 Å². The number of rotatable bonds is 6. The SMILES string of the molecule is COc1ccc(C(C(=O)NC2CCCCC2)N2C(=O)C(I)=C(c3ccccc3)C23C=CC(=O)C=C3)cc1C. The molecule has 1 fully saturated rings. The van der Waals surface area contributed by atoms with Gasteiger partial charge in [0.1, 0.15) is 17.3 Å². The third-order valence-corrected chi connectivity index (χ3v) is 8.68. The molecule has 1 N–H and O–H groups in total. The van der Waals surface area contributed by atoms with E-state index in [2.05, 4.69) is 27.9 Å². The van der Waals surface area contributed by atoms with Crippen molar-refractivity contribution >= 4 is 45.8 Å². The zero-order chi connectivity index (χ0) is 26.9. The van der Waals surface area contributed by atoms with E-state index in [1.54, 1.807) is 24.2 Å². The van der Waals surface area contributed by atoms with Gasteiger partial charge in [0.25, 0.3) is 5.91 Å². The molecule has 0 aromatic heterocycles. The lowest BCUT2D eigenvalue weighted by Gasteiger charge is -2.42. The number of hydrogen-bond acceptors (Lipinski definition) is 4. The lowest BCUT2D eigenvalue weighted by molar-refractivity contribution is -0.139. The first-order chi connectivity index (χ1) is 18.4. The van der Waals surface area contributed by atoms with E-state index in [1.165, 1.54) is 18.6 Å². The number of nitrogens with one attached hydrogen (secondary N) is 1. The van der Waals surface area contributed by atoms with Gasteiger partial charge < -0.3 is 15.0 Å². The Bertz CT molecular complexity index is 1340. The van der Waals surface area contributed by atoms with Crippen molar-refractivity contribution in [3.63, 3.8) is 0 Å². The Morgan fingerprint density at radius 3 is 2.37 bits per heavy atom. The Kier molecular flexibility index (Phi) is 7.56. The predicted octanol–water partition coefficient (Wildman–Crippen LogP) is 5.62. The average molecular weight is 623 g/mol. The number of benzene rings is 2. The third kappa shape index (κ3) is 4.72. The molecule has 1 heterocycles.